The summed E-state index contributed by atoms with van der Waals surface area (Å²) in [5.74, 6) is 0.299. The minimum absolute atomic E-state index is 0.0968. The number of halogens is 4. The summed E-state index contributed by atoms with van der Waals surface area (Å²) in [5.41, 5.74) is -0.613. The van der Waals surface area contributed by atoms with Crippen molar-refractivity contribution in [2.24, 2.45) is 0 Å². The van der Waals surface area contributed by atoms with Crippen LogP contribution in [0.5, 0.6) is 5.75 Å². The van der Waals surface area contributed by atoms with Crippen LogP contribution in [0, 0.1) is 0 Å². The number of nitrogens with zero attached hydrogens (tertiary/aromatic N) is 2. The van der Waals surface area contributed by atoms with Crippen LogP contribution < -0.4 is 10.1 Å². The van der Waals surface area contributed by atoms with Gasteiger partial charge in [-0.05, 0) is 34.3 Å². The number of alkyl halides is 3. The van der Waals surface area contributed by atoms with Crippen LogP contribution in [-0.4, -0.2) is 23.3 Å². The van der Waals surface area contributed by atoms with Crippen molar-refractivity contribution in [2.75, 3.05) is 18.7 Å². The maximum Gasteiger partial charge on any atom is 0.416 e. The van der Waals surface area contributed by atoms with Gasteiger partial charge in [0.05, 0.1) is 17.1 Å². The molecule has 1 N–H and O–H groups in total. The maximum absolute atomic E-state index is 12.9. The second kappa shape index (κ2) is 6.74. The number of thioether (sulfide) groups is 1. The van der Waals surface area contributed by atoms with Crippen LogP contribution in [0.25, 0.3) is 0 Å². The highest BCUT2D eigenvalue weighted by molar-refractivity contribution is 9.10. The van der Waals surface area contributed by atoms with Crippen molar-refractivity contribution in [1.82, 2.24) is 9.97 Å². The lowest BCUT2D eigenvalue weighted by Gasteiger charge is -2.12. The van der Waals surface area contributed by atoms with Crippen LogP contribution in [0.2, 0.25) is 0 Å². The summed E-state index contributed by atoms with van der Waals surface area (Å²) < 4.78 is 44.2. The molecule has 2 aromatic rings. The van der Waals surface area contributed by atoms with E-state index in [1.54, 1.807) is 0 Å². The van der Waals surface area contributed by atoms with Gasteiger partial charge < -0.3 is 10.1 Å². The molecule has 0 aliphatic rings. The van der Waals surface area contributed by atoms with E-state index in [0.29, 0.717) is 9.50 Å². The SMILES string of the molecule is COc1cc(Nc2ncc(Br)c(SC)n2)cc(C(F)(F)F)c1. The first kappa shape index (κ1) is 16.9. The zero-order valence-corrected chi connectivity index (χ0v) is 13.9. The van der Waals surface area contributed by atoms with Crippen LogP contribution in [0.15, 0.2) is 33.9 Å². The zero-order valence-electron chi connectivity index (χ0n) is 11.5. The standard InChI is InChI=1S/C13H11BrF3N3OS/c1-21-9-4-7(13(15,16)17)3-8(5-9)19-12-18-6-10(14)11(20-12)22-2/h3-6H,1-2H3,(H,18,19,20). The van der Waals surface area contributed by atoms with E-state index in [9.17, 15) is 13.2 Å². The number of methoxy groups -OCH3 is 1. The Balaban J connectivity index is 2.36. The first-order valence-electron chi connectivity index (χ1n) is 5.93. The molecule has 0 bridgehead atoms. The summed E-state index contributed by atoms with van der Waals surface area (Å²) >= 11 is 4.69. The highest BCUT2D eigenvalue weighted by Gasteiger charge is 2.31. The Morgan fingerprint density at radius 1 is 1.27 bits per heavy atom. The summed E-state index contributed by atoms with van der Waals surface area (Å²) in [4.78, 5) is 8.23. The Bertz CT molecular complexity index is 682. The smallest absolute Gasteiger partial charge is 0.416 e. The number of aromatic nitrogens is 2. The number of anilines is 2. The first-order valence-corrected chi connectivity index (χ1v) is 7.95. The molecular weight excluding hydrogens is 383 g/mol. The minimum Gasteiger partial charge on any atom is -0.497 e. The molecule has 0 unspecified atom stereocenters. The van der Waals surface area contributed by atoms with Crippen LogP contribution in [0.4, 0.5) is 24.8 Å². The fourth-order valence-corrected chi connectivity index (χ4v) is 2.74. The van der Waals surface area contributed by atoms with Gasteiger partial charge in [-0.3, -0.25) is 0 Å². The molecule has 4 nitrogen and oxygen atoms in total. The minimum atomic E-state index is -4.46. The van der Waals surface area contributed by atoms with E-state index in [0.717, 1.165) is 12.1 Å². The lowest BCUT2D eigenvalue weighted by atomic mass is 10.2. The molecule has 2 rings (SSSR count). The van der Waals surface area contributed by atoms with Gasteiger partial charge in [0, 0.05) is 18.0 Å². The van der Waals surface area contributed by atoms with Gasteiger partial charge in [0.2, 0.25) is 5.95 Å². The fourth-order valence-electron chi connectivity index (χ4n) is 1.64. The maximum atomic E-state index is 12.9. The van der Waals surface area contributed by atoms with E-state index < -0.39 is 11.7 Å². The Hall–Kier alpha value is -1.48. The van der Waals surface area contributed by atoms with E-state index >= 15 is 0 Å². The van der Waals surface area contributed by atoms with Gasteiger partial charge in [-0.15, -0.1) is 11.8 Å². The molecule has 0 aliphatic heterocycles. The van der Waals surface area contributed by atoms with Crippen molar-refractivity contribution in [3.8, 4) is 5.75 Å². The molecule has 0 atom stereocenters. The predicted molar refractivity (Wildman–Crippen MR) is 82.8 cm³/mol. The van der Waals surface area contributed by atoms with Gasteiger partial charge in [0.25, 0.3) is 0 Å². The summed E-state index contributed by atoms with van der Waals surface area (Å²) in [6, 6.07) is 3.35. The third kappa shape index (κ3) is 4.04. The van der Waals surface area contributed by atoms with Gasteiger partial charge in [-0.2, -0.15) is 13.2 Å². The fraction of sp³-hybridized carbons (Fsp3) is 0.231. The molecule has 1 heterocycles. The van der Waals surface area contributed by atoms with E-state index in [1.165, 1.54) is 31.1 Å². The van der Waals surface area contributed by atoms with E-state index in [2.05, 4.69) is 31.2 Å². The van der Waals surface area contributed by atoms with Gasteiger partial charge in [-0.1, -0.05) is 0 Å². The van der Waals surface area contributed by atoms with Crippen molar-refractivity contribution < 1.29 is 17.9 Å². The average molecular weight is 394 g/mol. The van der Waals surface area contributed by atoms with Crippen LogP contribution in [0.1, 0.15) is 5.56 Å². The third-order valence-corrected chi connectivity index (χ3v) is 4.17. The van der Waals surface area contributed by atoms with E-state index in [1.807, 2.05) is 6.26 Å². The summed E-state index contributed by atoms with van der Waals surface area (Å²) in [7, 11) is 1.31. The summed E-state index contributed by atoms with van der Waals surface area (Å²) in [6.07, 6.45) is -1.09. The molecule has 1 aromatic carbocycles. The Labute approximate surface area is 137 Å². The summed E-state index contributed by atoms with van der Waals surface area (Å²) in [6.45, 7) is 0. The molecular formula is C13H11BrF3N3OS. The monoisotopic (exact) mass is 393 g/mol. The molecule has 1 aromatic heterocycles. The number of hydrogen-bond donors (Lipinski definition) is 1. The van der Waals surface area contributed by atoms with Gasteiger partial charge in [0.1, 0.15) is 10.8 Å². The normalized spacial score (nSPS) is 11.4. The Kier molecular flexibility index (Phi) is 5.17. The van der Waals surface area contributed by atoms with Crippen molar-refractivity contribution in [3.05, 3.63) is 34.4 Å². The highest BCUT2D eigenvalue weighted by Crippen LogP contribution is 2.35. The molecule has 0 spiro atoms. The van der Waals surface area contributed by atoms with Gasteiger partial charge in [-0.25, -0.2) is 9.97 Å². The van der Waals surface area contributed by atoms with Crippen LogP contribution in [-0.2, 0) is 6.18 Å². The largest absolute Gasteiger partial charge is 0.497 e. The highest BCUT2D eigenvalue weighted by atomic mass is 79.9. The number of rotatable bonds is 4. The van der Waals surface area contributed by atoms with Crippen LogP contribution in [0.3, 0.4) is 0 Å². The number of ether oxygens (including phenoxy) is 1. The molecule has 0 amide bonds. The molecule has 0 fully saturated rings. The molecule has 22 heavy (non-hydrogen) atoms. The third-order valence-electron chi connectivity index (χ3n) is 2.63. The molecule has 0 aliphatic carbocycles. The second-order valence-electron chi connectivity index (χ2n) is 4.12. The summed E-state index contributed by atoms with van der Waals surface area (Å²) in [5, 5.41) is 3.43. The number of hydrogen-bond acceptors (Lipinski definition) is 5. The number of benzene rings is 1. The van der Waals surface area contributed by atoms with Crippen molar-refractivity contribution in [1.29, 1.82) is 0 Å². The average Bonchev–Trinajstić information content (AvgIpc) is 2.48. The van der Waals surface area contributed by atoms with E-state index in [-0.39, 0.29) is 17.4 Å². The molecule has 0 radical (unpaired) electrons. The van der Waals surface area contributed by atoms with Crippen molar-refractivity contribution in [2.45, 2.75) is 11.2 Å². The molecule has 0 saturated carbocycles. The quantitative estimate of drug-likeness (QED) is 0.600. The molecule has 9 heteroatoms. The van der Waals surface area contributed by atoms with Crippen molar-refractivity contribution >= 4 is 39.3 Å². The second-order valence-corrected chi connectivity index (χ2v) is 5.77. The lowest BCUT2D eigenvalue weighted by Crippen LogP contribution is -2.07. The van der Waals surface area contributed by atoms with Crippen LogP contribution >= 0.6 is 27.7 Å². The lowest BCUT2D eigenvalue weighted by molar-refractivity contribution is -0.137. The Morgan fingerprint density at radius 2 is 2.00 bits per heavy atom. The Morgan fingerprint density at radius 3 is 2.59 bits per heavy atom. The van der Waals surface area contributed by atoms with Gasteiger partial charge in [0.15, 0.2) is 0 Å². The predicted octanol–water partition coefficient (Wildman–Crippen LogP) is 4.73. The first-order chi connectivity index (χ1) is 10.3. The number of nitrogens with one attached hydrogen (secondary N) is 1. The molecule has 118 valence electrons. The van der Waals surface area contributed by atoms with Gasteiger partial charge >= 0.3 is 6.18 Å². The zero-order chi connectivity index (χ0) is 16.3. The topological polar surface area (TPSA) is 47.0 Å². The van der Waals surface area contributed by atoms with Crippen molar-refractivity contribution in [3.63, 3.8) is 0 Å². The van der Waals surface area contributed by atoms with E-state index in [4.69, 9.17) is 4.74 Å². The molecule has 0 saturated heterocycles.